The highest BCUT2D eigenvalue weighted by Crippen LogP contribution is 2.23. The van der Waals surface area contributed by atoms with E-state index in [4.69, 9.17) is 0 Å². The van der Waals surface area contributed by atoms with Crippen LogP contribution in [0, 0.1) is 37.1 Å². The Kier molecular flexibility index (Phi) is 5.95. The standard InChI is InChI=1S/C25H19F4N3O2/c1-13-6-16(4-5-22(13)31-10-14(2)30-12-31)24(33)19-9-18(26)11-32(25(19)34)15(3)17-7-20(27)23(29)21(28)8-17/h4-12,15H,1-3H3. The van der Waals surface area contributed by atoms with Crippen molar-refractivity contribution in [1.82, 2.24) is 14.1 Å². The SMILES string of the molecule is Cc1cn(-c2ccc(C(=O)c3cc(F)cn(C(C)c4cc(F)c(F)c(F)c4)c3=O)cc2C)cn1. The highest BCUT2D eigenvalue weighted by Gasteiger charge is 2.22. The average Bonchev–Trinajstić information content (AvgIpc) is 3.23. The predicted molar refractivity (Wildman–Crippen MR) is 117 cm³/mol. The fraction of sp³-hybridized carbons (Fsp3) is 0.160. The van der Waals surface area contributed by atoms with Crippen molar-refractivity contribution < 1.29 is 22.4 Å². The molecule has 0 amide bonds. The van der Waals surface area contributed by atoms with E-state index in [0.29, 0.717) is 0 Å². The third kappa shape index (κ3) is 4.16. The van der Waals surface area contributed by atoms with Gasteiger partial charge in [-0.2, -0.15) is 0 Å². The van der Waals surface area contributed by atoms with Crippen LogP contribution in [0.25, 0.3) is 5.69 Å². The maximum Gasteiger partial charge on any atom is 0.262 e. The summed E-state index contributed by atoms with van der Waals surface area (Å²) < 4.78 is 57.7. The molecule has 0 aliphatic rings. The number of hydrogen-bond acceptors (Lipinski definition) is 3. The molecule has 0 saturated heterocycles. The second-order valence-corrected chi connectivity index (χ2v) is 8.01. The zero-order valence-corrected chi connectivity index (χ0v) is 18.4. The summed E-state index contributed by atoms with van der Waals surface area (Å²) in [5.74, 6) is -6.13. The molecule has 1 atom stereocenters. The van der Waals surface area contributed by atoms with Gasteiger partial charge in [0.1, 0.15) is 5.82 Å². The van der Waals surface area contributed by atoms with E-state index in [1.807, 2.05) is 13.1 Å². The quantitative estimate of drug-likeness (QED) is 0.234. The fourth-order valence-electron chi connectivity index (χ4n) is 3.79. The minimum atomic E-state index is -1.65. The lowest BCUT2D eigenvalue weighted by Gasteiger charge is -2.17. The smallest absolute Gasteiger partial charge is 0.262 e. The first kappa shape index (κ1) is 23.2. The highest BCUT2D eigenvalue weighted by molar-refractivity contribution is 6.09. The van der Waals surface area contributed by atoms with Crippen LogP contribution in [0.15, 0.2) is 59.9 Å². The van der Waals surface area contributed by atoms with Gasteiger partial charge >= 0.3 is 0 Å². The molecule has 0 fully saturated rings. The molecule has 9 heteroatoms. The van der Waals surface area contributed by atoms with Crippen molar-refractivity contribution in [2.45, 2.75) is 26.8 Å². The molecule has 0 spiro atoms. The summed E-state index contributed by atoms with van der Waals surface area (Å²) >= 11 is 0. The summed E-state index contributed by atoms with van der Waals surface area (Å²) in [6.07, 6.45) is 4.28. The van der Waals surface area contributed by atoms with Gasteiger partial charge in [0.05, 0.1) is 23.6 Å². The number of aromatic nitrogens is 3. The van der Waals surface area contributed by atoms with Gasteiger partial charge in [-0.05, 0) is 68.3 Å². The first-order chi connectivity index (χ1) is 16.1. The molecule has 2 heterocycles. The van der Waals surface area contributed by atoms with Gasteiger partial charge < -0.3 is 9.13 Å². The number of pyridine rings is 1. The summed E-state index contributed by atoms with van der Waals surface area (Å²) in [4.78, 5) is 30.4. The Morgan fingerprint density at radius 3 is 2.24 bits per heavy atom. The summed E-state index contributed by atoms with van der Waals surface area (Å²) in [6, 6.07) is 5.98. The predicted octanol–water partition coefficient (Wildman–Crippen LogP) is 5.05. The number of ketones is 1. The number of aryl methyl sites for hydroxylation is 2. The number of benzene rings is 2. The average molecular weight is 469 g/mol. The van der Waals surface area contributed by atoms with Crippen LogP contribution in [0.2, 0.25) is 0 Å². The Morgan fingerprint density at radius 2 is 1.65 bits per heavy atom. The third-order valence-corrected chi connectivity index (χ3v) is 5.61. The normalized spacial score (nSPS) is 12.1. The maximum atomic E-state index is 14.4. The Morgan fingerprint density at radius 1 is 0.971 bits per heavy atom. The second kappa shape index (κ2) is 8.74. The molecular weight excluding hydrogens is 450 g/mol. The molecule has 4 rings (SSSR count). The summed E-state index contributed by atoms with van der Waals surface area (Å²) in [7, 11) is 0. The minimum Gasteiger partial charge on any atom is -0.306 e. The van der Waals surface area contributed by atoms with Crippen molar-refractivity contribution in [3.63, 3.8) is 0 Å². The van der Waals surface area contributed by atoms with Gasteiger partial charge in [-0.15, -0.1) is 0 Å². The van der Waals surface area contributed by atoms with E-state index in [0.717, 1.165) is 45.9 Å². The minimum absolute atomic E-state index is 0.0988. The fourth-order valence-corrected chi connectivity index (χ4v) is 3.79. The zero-order valence-electron chi connectivity index (χ0n) is 18.4. The molecule has 5 nitrogen and oxygen atoms in total. The van der Waals surface area contributed by atoms with Crippen LogP contribution in [-0.4, -0.2) is 19.9 Å². The van der Waals surface area contributed by atoms with Gasteiger partial charge in [0.2, 0.25) is 0 Å². The van der Waals surface area contributed by atoms with Gasteiger partial charge in [0.25, 0.3) is 5.56 Å². The van der Waals surface area contributed by atoms with Gasteiger partial charge in [-0.3, -0.25) is 9.59 Å². The molecule has 0 aliphatic carbocycles. The van der Waals surface area contributed by atoms with Crippen LogP contribution < -0.4 is 5.56 Å². The van der Waals surface area contributed by atoms with Crippen molar-refractivity contribution in [2.75, 3.05) is 0 Å². The van der Waals surface area contributed by atoms with E-state index in [1.54, 1.807) is 30.0 Å². The molecule has 0 N–H and O–H groups in total. The van der Waals surface area contributed by atoms with E-state index in [-0.39, 0.29) is 11.1 Å². The molecular formula is C25H19F4N3O2. The van der Waals surface area contributed by atoms with Crippen LogP contribution >= 0.6 is 0 Å². The second-order valence-electron chi connectivity index (χ2n) is 8.01. The molecule has 2 aromatic carbocycles. The molecule has 1 unspecified atom stereocenters. The molecule has 0 aliphatic heterocycles. The Bertz CT molecular complexity index is 1470. The van der Waals surface area contributed by atoms with Gasteiger partial charge in [0, 0.05) is 23.6 Å². The largest absolute Gasteiger partial charge is 0.306 e. The first-order valence-corrected chi connectivity index (χ1v) is 10.3. The highest BCUT2D eigenvalue weighted by atomic mass is 19.2. The number of rotatable bonds is 5. The molecule has 34 heavy (non-hydrogen) atoms. The first-order valence-electron chi connectivity index (χ1n) is 10.3. The maximum absolute atomic E-state index is 14.4. The number of hydrogen-bond donors (Lipinski definition) is 0. The van der Waals surface area contributed by atoms with Crippen molar-refractivity contribution in [3.8, 4) is 5.69 Å². The number of halogens is 4. The van der Waals surface area contributed by atoms with Crippen LogP contribution in [0.5, 0.6) is 0 Å². The summed E-state index contributed by atoms with van der Waals surface area (Å²) in [5.41, 5.74) is 1.09. The Balaban J connectivity index is 1.74. The van der Waals surface area contributed by atoms with E-state index in [2.05, 4.69) is 4.98 Å². The lowest BCUT2D eigenvalue weighted by atomic mass is 10.0. The van der Waals surface area contributed by atoms with E-state index < -0.39 is 46.2 Å². The summed E-state index contributed by atoms with van der Waals surface area (Å²) in [6.45, 7) is 5.01. The number of imidazole rings is 1. The number of nitrogens with zero attached hydrogens (tertiary/aromatic N) is 3. The topological polar surface area (TPSA) is 56.9 Å². The molecule has 4 aromatic rings. The van der Waals surface area contributed by atoms with Crippen molar-refractivity contribution >= 4 is 5.78 Å². The lowest BCUT2D eigenvalue weighted by molar-refractivity contribution is 0.103. The molecule has 174 valence electrons. The van der Waals surface area contributed by atoms with Crippen LogP contribution in [0.4, 0.5) is 17.6 Å². The monoisotopic (exact) mass is 469 g/mol. The molecule has 0 saturated carbocycles. The molecule has 2 aromatic heterocycles. The van der Waals surface area contributed by atoms with Crippen LogP contribution in [-0.2, 0) is 0 Å². The number of carbonyl (C=O) groups excluding carboxylic acids is 1. The number of carbonyl (C=O) groups is 1. The Labute approximate surface area is 191 Å². The van der Waals surface area contributed by atoms with Crippen LogP contribution in [0.3, 0.4) is 0 Å². The third-order valence-electron chi connectivity index (χ3n) is 5.61. The van der Waals surface area contributed by atoms with E-state index in [9.17, 15) is 27.2 Å². The van der Waals surface area contributed by atoms with Gasteiger partial charge in [-0.1, -0.05) is 0 Å². The van der Waals surface area contributed by atoms with Gasteiger partial charge in [0.15, 0.2) is 23.2 Å². The van der Waals surface area contributed by atoms with Gasteiger partial charge in [-0.25, -0.2) is 22.5 Å². The lowest BCUT2D eigenvalue weighted by Crippen LogP contribution is -2.29. The molecule has 0 radical (unpaired) electrons. The van der Waals surface area contributed by atoms with Crippen molar-refractivity contribution in [1.29, 1.82) is 0 Å². The van der Waals surface area contributed by atoms with Crippen molar-refractivity contribution in [2.24, 2.45) is 0 Å². The summed E-state index contributed by atoms with van der Waals surface area (Å²) in [5, 5.41) is 0. The van der Waals surface area contributed by atoms with Crippen LogP contribution in [0.1, 0.15) is 45.7 Å². The van der Waals surface area contributed by atoms with E-state index >= 15 is 0 Å². The van der Waals surface area contributed by atoms with Crippen molar-refractivity contribution in [3.05, 3.63) is 117 Å². The Hall–Kier alpha value is -4.01. The zero-order chi connectivity index (χ0) is 24.7. The van der Waals surface area contributed by atoms with E-state index in [1.165, 1.54) is 13.0 Å². The molecule has 0 bridgehead atoms.